The predicted molar refractivity (Wildman–Crippen MR) is 73.9 cm³/mol. The maximum atomic E-state index is 4.69. The van der Waals surface area contributed by atoms with Crippen molar-refractivity contribution in [1.29, 1.82) is 0 Å². The number of amidine groups is 1. The Bertz CT molecular complexity index is 608. The number of nitrogens with one attached hydrogen (secondary N) is 1. The van der Waals surface area contributed by atoms with Crippen LogP contribution in [0.2, 0.25) is 0 Å². The van der Waals surface area contributed by atoms with Crippen LogP contribution in [0.1, 0.15) is 16.0 Å². The van der Waals surface area contributed by atoms with Gasteiger partial charge in [-0.25, -0.2) is 4.99 Å². The van der Waals surface area contributed by atoms with E-state index in [1.54, 1.807) is 11.3 Å². The SMILES string of the molecule is Cc1sccc1C1=Nc2ccccc2C=CN1. The molecule has 1 aromatic carbocycles. The first-order valence-electron chi connectivity index (χ1n) is 5.50. The third-order valence-corrected chi connectivity index (χ3v) is 3.61. The van der Waals surface area contributed by atoms with Gasteiger partial charge in [-0.3, -0.25) is 0 Å². The van der Waals surface area contributed by atoms with Gasteiger partial charge in [0, 0.05) is 22.2 Å². The first-order chi connectivity index (χ1) is 8.34. The first kappa shape index (κ1) is 10.3. The lowest BCUT2D eigenvalue weighted by molar-refractivity contribution is 1.27. The summed E-state index contributed by atoms with van der Waals surface area (Å²) in [7, 11) is 0. The molecule has 0 bridgehead atoms. The number of aliphatic imine (C=N–C) groups is 1. The zero-order chi connectivity index (χ0) is 11.7. The van der Waals surface area contributed by atoms with Crippen LogP contribution in [0.4, 0.5) is 5.69 Å². The van der Waals surface area contributed by atoms with E-state index in [-0.39, 0.29) is 0 Å². The molecule has 0 aliphatic carbocycles. The lowest BCUT2D eigenvalue weighted by Crippen LogP contribution is -2.17. The molecule has 0 saturated heterocycles. The Hall–Kier alpha value is -1.87. The minimum atomic E-state index is 0.921. The van der Waals surface area contributed by atoms with Gasteiger partial charge >= 0.3 is 0 Å². The van der Waals surface area contributed by atoms with Crippen molar-refractivity contribution in [3.8, 4) is 0 Å². The summed E-state index contributed by atoms with van der Waals surface area (Å²) in [6.45, 7) is 2.12. The monoisotopic (exact) mass is 240 g/mol. The van der Waals surface area contributed by atoms with Crippen molar-refractivity contribution in [2.24, 2.45) is 4.99 Å². The van der Waals surface area contributed by atoms with Crippen LogP contribution < -0.4 is 5.32 Å². The fraction of sp³-hybridized carbons (Fsp3) is 0.0714. The van der Waals surface area contributed by atoms with E-state index in [1.165, 1.54) is 10.4 Å². The number of benzene rings is 1. The van der Waals surface area contributed by atoms with E-state index >= 15 is 0 Å². The topological polar surface area (TPSA) is 24.4 Å². The molecule has 17 heavy (non-hydrogen) atoms. The fourth-order valence-corrected chi connectivity index (χ4v) is 2.56. The van der Waals surface area contributed by atoms with E-state index in [0.29, 0.717) is 0 Å². The summed E-state index contributed by atoms with van der Waals surface area (Å²) in [4.78, 5) is 5.97. The number of aryl methyl sites for hydroxylation is 1. The molecular formula is C14H12N2S. The summed E-state index contributed by atoms with van der Waals surface area (Å²) in [5.41, 5.74) is 3.33. The van der Waals surface area contributed by atoms with E-state index < -0.39 is 0 Å². The Labute approximate surface area is 104 Å². The molecule has 0 amide bonds. The molecule has 2 nitrogen and oxygen atoms in total. The highest BCUT2D eigenvalue weighted by Crippen LogP contribution is 2.24. The quantitative estimate of drug-likeness (QED) is 0.807. The average molecular weight is 240 g/mol. The van der Waals surface area contributed by atoms with Gasteiger partial charge in [-0.2, -0.15) is 0 Å². The van der Waals surface area contributed by atoms with Crippen molar-refractivity contribution < 1.29 is 0 Å². The Balaban J connectivity index is 2.13. The van der Waals surface area contributed by atoms with Crippen molar-refractivity contribution in [2.75, 3.05) is 0 Å². The van der Waals surface area contributed by atoms with Gasteiger partial charge in [0.2, 0.25) is 0 Å². The summed E-state index contributed by atoms with van der Waals surface area (Å²) < 4.78 is 0. The average Bonchev–Trinajstić information content (AvgIpc) is 2.65. The second-order valence-electron chi connectivity index (χ2n) is 3.89. The molecule has 84 valence electrons. The molecule has 3 heteroatoms. The van der Waals surface area contributed by atoms with Crippen molar-refractivity contribution in [2.45, 2.75) is 6.92 Å². The zero-order valence-corrected chi connectivity index (χ0v) is 10.3. The largest absolute Gasteiger partial charge is 0.346 e. The Kier molecular flexibility index (Phi) is 2.53. The molecule has 1 aliphatic heterocycles. The minimum absolute atomic E-state index is 0.921. The zero-order valence-electron chi connectivity index (χ0n) is 9.47. The number of fused-ring (bicyclic) bond motifs is 1. The van der Waals surface area contributed by atoms with Crippen LogP contribution in [-0.4, -0.2) is 5.84 Å². The molecule has 0 atom stereocenters. The molecule has 0 spiro atoms. The van der Waals surface area contributed by atoms with Crippen molar-refractivity contribution in [1.82, 2.24) is 5.32 Å². The Morgan fingerprint density at radius 2 is 2.06 bits per heavy atom. The second kappa shape index (κ2) is 4.18. The Morgan fingerprint density at radius 3 is 2.88 bits per heavy atom. The van der Waals surface area contributed by atoms with Crippen LogP contribution in [0.3, 0.4) is 0 Å². The van der Waals surface area contributed by atoms with Crippen molar-refractivity contribution in [3.05, 3.63) is 57.9 Å². The Morgan fingerprint density at radius 1 is 1.18 bits per heavy atom. The number of rotatable bonds is 1. The molecule has 0 radical (unpaired) electrons. The van der Waals surface area contributed by atoms with Crippen LogP contribution in [0, 0.1) is 6.92 Å². The van der Waals surface area contributed by atoms with E-state index in [9.17, 15) is 0 Å². The van der Waals surface area contributed by atoms with Crippen LogP contribution in [0.5, 0.6) is 0 Å². The molecule has 0 saturated carbocycles. The normalized spacial score (nSPS) is 13.6. The third kappa shape index (κ3) is 1.89. The van der Waals surface area contributed by atoms with E-state index in [0.717, 1.165) is 17.1 Å². The highest BCUT2D eigenvalue weighted by Gasteiger charge is 2.10. The van der Waals surface area contributed by atoms with Gasteiger partial charge in [0.1, 0.15) is 5.84 Å². The molecule has 2 heterocycles. The number of nitrogens with zero attached hydrogens (tertiary/aromatic N) is 1. The van der Waals surface area contributed by atoms with E-state index in [1.807, 2.05) is 30.5 Å². The summed E-state index contributed by atoms with van der Waals surface area (Å²) in [5, 5.41) is 5.34. The molecular weight excluding hydrogens is 228 g/mol. The first-order valence-corrected chi connectivity index (χ1v) is 6.38. The molecule has 3 rings (SSSR count). The molecule has 1 N–H and O–H groups in total. The van der Waals surface area contributed by atoms with E-state index in [4.69, 9.17) is 4.99 Å². The van der Waals surface area contributed by atoms with Gasteiger partial charge in [-0.1, -0.05) is 18.2 Å². The van der Waals surface area contributed by atoms with Crippen LogP contribution >= 0.6 is 11.3 Å². The molecule has 2 aromatic rings. The minimum Gasteiger partial charge on any atom is -0.346 e. The lowest BCUT2D eigenvalue weighted by Gasteiger charge is -2.04. The second-order valence-corrected chi connectivity index (χ2v) is 5.01. The van der Waals surface area contributed by atoms with Gasteiger partial charge < -0.3 is 5.32 Å². The number of hydrogen-bond acceptors (Lipinski definition) is 3. The standard InChI is InChI=1S/C14H12N2S/c1-10-12(7-9-17-10)14-15-8-6-11-4-2-3-5-13(11)16-14/h2-9H,1H3,(H,15,16). The number of thiophene rings is 1. The fourth-order valence-electron chi connectivity index (χ4n) is 1.86. The van der Waals surface area contributed by atoms with Gasteiger partial charge in [-0.05, 0) is 30.5 Å². The summed E-state index contributed by atoms with van der Waals surface area (Å²) in [6.07, 6.45) is 4.00. The van der Waals surface area contributed by atoms with E-state index in [2.05, 4.69) is 29.8 Å². The predicted octanol–water partition coefficient (Wildman–Crippen LogP) is 3.71. The van der Waals surface area contributed by atoms with Gasteiger partial charge in [0.05, 0.1) is 5.69 Å². The smallest absolute Gasteiger partial charge is 0.139 e. The van der Waals surface area contributed by atoms with Gasteiger partial charge in [0.15, 0.2) is 0 Å². The highest BCUT2D eigenvalue weighted by atomic mass is 32.1. The number of para-hydroxylation sites is 1. The molecule has 1 aliphatic rings. The summed E-state index contributed by atoms with van der Waals surface area (Å²) in [6, 6.07) is 10.3. The number of hydrogen-bond donors (Lipinski definition) is 1. The summed E-state index contributed by atoms with van der Waals surface area (Å²) >= 11 is 1.74. The van der Waals surface area contributed by atoms with Crippen molar-refractivity contribution >= 4 is 28.9 Å². The summed E-state index contributed by atoms with van der Waals surface area (Å²) in [5.74, 6) is 0.921. The molecule has 0 unspecified atom stereocenters. The maximum Gasteiger partial charge on any atom is 0.139 e. The maximum absolute atomic E-state index is 4.69. The van der Waals surface area contributed by atoms with Crippen LogP contribution in [0.15, 0.2) is 46.9 Å². The molecule has 1 aromatic heterocycles. The van der Waals surface area contributed by atoms with Gasteiger partial charge in [-0.15, -0.1) is 11.3 Å². The highest BCUT2D eigenvalue weighted by molar-refractivity contribution is 7.10. The van der Waals surface area contributed by atoms with Gasteiger partial charge in [0.25, 0.3) is 0 Å². The van der Waals surface area contributed by atoms with Crippen LogP contribution in [0.25, 0.3) is 6.08 Å². The van der Waals surface area contributed by atoms with Crippen LogP contribution in [-0.2, 0) is 0 Å². The lowest BCUT2D eigenvalue weighted by atomic mass is 10.2. The molecule has 0 fully saturated rings. The third-order valence-electron chi connectivity index (χ3n) is 2.77. The van der Waals surface area contributed by atoms with Crippen molar-refractivity contribution in [3.63, 3.8) is 0 Å².